The monoisotopic (exact) mass is 366 g/mol. The van der Waals surface area contributed by atoms with Crippen molar-refractivity contribution < 1.29 is 19.7 Å². The number of rotatable bonds is 3. The summed E-state index contributed by atoms with van der Waals surface area (Å²) in [7, 11) is 0. The average molecular weight is 368 g/mol. The van der Waals surface area contributed by atoms with E-state index in [1.807, 2.05) is 13.8 Å². The molecule has 0 saturated heterocycles. The van der Waals surface area contributed by atoms with Gasteiger partial charge in [0.05, 0.1) is 4.47 Å². The van der Waals surface area contributed by atoms with Crippen LogP contribution in [0.5, 0.6) is 11.5 Å². The van der Waals surface area contributed by atoms with Crippen LogP contribution in [0.1, 0.15) is 25.0 Å². The van der Waals surface area contributed by atoms with Crippen molar-refractivity contribution in [3.8, 4) is 11.5 Å². The molecule has 0 bridgehead atoms. The summed E-state index contributed by atoms with van der Waals surface area (Å²) in [6, 6.07) is 0. The number of carboxylic acid groups (broad SMARTS) is 1. The fraction of sp³-hybridized carbons (Fsp3) is 0.364. The van der Waals surface area contributed by atoms with Gasteiger partial charge in [0.1, 0.15) is 0 Å². The maximum Gasteiger partial charge on any atom is 0.511 e. The molecule has 0 saturated carbocycles. The van der Waals surface area contributed by atoms with Crippen molar-refractivity contribution in [1.82, 2.24) is 0 Å². The summed E-state index contributed by atoms with van der Waals surface area (Å²) in [6.07, 6.45) is -0.139. The van der Waals surface area contributed by atoms with E-state index in [0.717, 1.165) is 12.0 Å². The molecule has 0 amide bonds. The average Bonchev–Trinajstić information content (AvgIpc) is 2.28. The molecule has 0 spiro atoms. The Labute approximate surface area is 116 Å². The van der Waals surface area contributed by atoms with E-state index in [-0.39, 0.29) is 11.5 Å². The van der Waals surface area contributed by atoms with Crippen LogP contribution in [-0.4, -0.2) is 16.4 Å². The zero-order valence-electron chi connectivity index (χ0n) is 9.38. The SMILES string of the molecule is CCc1c(O)c(OC(=O)O)c(Br)c(Br)c1CC. The van der Waals surface area contributed by atoms with Gasteiger partial charge in [-0.25, -0.2) is 4.79 Å². The molecule has 1 rings (SSSR count). The molecule has 0 atom stereocenters. The molecule has 1 aromatic carbocycles. The van der Waals surface area contributed by atoms with Gasteiger partial charge in [0.2, 0.25) is 0 Å². The fourth-order valence-electron chi connectivity index (χ4n) is 1.68. The summed E-state index contributed by atoms with van der Waals surface area (Å²) in [4.78, 5) is 10.6. The van der Waals surface area contributed by atoms with Crippen LogP contribution in [-0.2, 0) is 12.8 Å². The minimum absolute atomic E-state index is 0.0709. The van der Waals surface area contributed by atoms with E-state index >= 15 is 0 Å². The van der Waals surface area contributed by atoms with E-state index in [2.05, 4.69) is 36.6 Å². The first-order valence-electron chi connectivity index (χ1n) is 5.06. The van der Waals surface area contributed by atoms with Gasteiger partial charge in [0, 0.05) is 10.0 Å². The molecule has 0 radical (unpaired) electrons. The topological polar surface area (TPSA) is 66.8 Å². The van der Waals surface area contributed by atoms with Crippen molar-refractivity contribution in [3.63, 3.8) is 0 Å². The van der Waals surface area contributed by atoms with Crippen LogP contribution >= 0.6 is 31.9 Å². The first-order chi connectivity index (χ1) is 7.93. The number of halogens is 2. The minimum atomic E-state index is -1.46. The molecular weight excluding hydrogens is 356 g/mol. The Balaban J connectivity index is 3.52. The van der Waals surface area contributed by atoms with Crippen molar-refractivity contribution in [3.05, 3.63) is 20.1 Å². The van der Waals surface area contributed by atoms with Gasteiger partial charge < -0.3 is 14.9 Å². The molecule has 0 unspecified atom stereocenters. The van der Waals surface area contributed by atoms with Crippen molar-refractivity contribution in [2.75, 3.05) is 0 Å². The van der Waals surface area contributed by atoms with Crippen molar-refractivity contribution in [2.24, 2.45) is 0 Å². The lowest BCUT2D eigenvalue weighted by atomic mass is 10.0. The highest BCUT2D eigenvalue weighted by Crippen LogP contribution is 2.45. The molecule has 0 heterocycles. The highest BCUT2D eigenvalue weighted by Gasteiger charge is 2.22. The lowest BCUT2D eigenvalue weighted by Gasteiger charge is -2.16. The van der Waals surface area contributed by atoms with Gasteiger partial charge in [-0.3, -0.25) is 0 Å². The highest BCUT2D eigenvalue weighted by molar-refractivity contribution is 9.13. The second-order valence-corrected chi connectivity index (χ2v) is 4.92. The van der Waals surface area contributed by atoms with E-state index in [4.69, 9.17) is 5.11 Å². The maximum atomic E-state index is 10.6. The third-order valence-corrected chi connectivity index (χ3v) is 4.58. The lowest BCUT2D eigenvalue weighted by molar-refractivity contribution is 0.142. The number of ether oxygens (including phenoxy) is 1. The van der Waals surface area contributed by atoms with Crippen LogP contribution in [0.4, 0.5) is 4.79 Å². The predicted octanol–water partition coefficient (Wildman–Crippen LogP) is 4.10. The molecular formula is C11H12Br2O4. The van der Waals surface area contributed by atoms with Gasteiger partial charge >= 0.3 is 6.16 Å². The van der Waals surface area contributed by atoms with Crippen LogP contribution in [0.25, 0.3) is 0 Å². The third-order valence-electron chi connectivity index (χ3n) is 2.42. The Bertz CT molecular complexity index is 458. The Kier molecular flexibility index (Phi) is 4.82. The number of hydrogen-bond donors (Lipinski definition) is 2. The van der Waals surface area contributed by atoms with E-state index in [0.29, 0.717) is 20.9 Å². The zero-order chi connectivity index (χ0) is 13.2. The van der Waals surface area contributed by atoms with Crippen LogP contribution < -0.4 is 4.74 Å². The molecule has 0 aliphatic heterocycles. The number of phenols is 1. The highest BCUT2D eigenvalue weighted by atomic mass is 79.9. The third kappa shape index (κ3) is 2.74. The van der Waals surface area contributed by atoms with E-state index in [1.54, 1.807) is 0 Å². The minimum Gasteiger partial charge on any atom is -0.504 e. The predicted molar refractivity (Wildman–Crippen MR) is 70.9 cm³/mol. The number of aromatic hydroxyl groups is 1. The van der Waals surface area contributed by atoms with Crippen LogP contribution in [0.3, 0.4) is 0 Å². The van der Waals surface area contributed by atoms with E-state index in [9.17, 15) is 9.90 Å². The zero-order valence-corrected chi connectivity index (χ0v) is 12.6. The van der Waals surface area contributed by atoms with Crippen LogP contribution in [0, 0.1) is 0 Å². The number of carbonyl (C=O) groups is 1. The fourth-order valence-corrected chi connectivity index (χ4v) is 2.89. The van der Waals surface area contributed by atoms with Gasteiger partial charge in [-0.05, 0) is 50.3 Å². The summed E-state index contributed by atoms with van der Waals surface area (Å²) in [5, 5.41) is 18.6. The van der Waals surface area contributed by atoms with E-state index in [1.165, 1.54) is 0 Å². The molecule has 0 aliphatic rings. The Morgan fingerprint density at radius 3 is 2.12 bits per heavy atom. The quantitative estimate of drug-likeness (QED) is 0.623. The summed E-state index contributed by atoms with van der Waals surface area (Å²) < 4.78 is 5.71. The van der Waals surface area contributed by atoms with Crippen molar-refractivity contribution in [1.29, 1.82) is 0 Å². The van der Waals surface area contributed by atoms with Crippen LogP contribution in [0.15, 0.2) is 8.95 Å². The van der Waals surface area contributed by atoms with Crippen molar-refractivity contribution in [2.45, 2.75) is 26.7 Å². The van der Waals surface area contributed by atoms with Crippen LogP contribution in [0.2, 0.25) is 0 Å². The number of hydrogen-bond acceptors (Lipinski definition) is 3. The summed E-state index contributed by atoms with van der Waals surface area (Å²) in [5.74, 6) is -0.194. The molecule has 0 fully saturated rings. The Morgan fingerprint density at radius 1 is 1.18 bits per heavy atom. The summed E-state index contributed by atoms with van der Waals surface area (Å²) in [6.45, 7) is 3.85. The molecule has 94 valence electrons. The summed E-state index contributed by atoms with van der Waals surface area (Å²) in [5.41, 5.74) is 1.63. The molecule has 6 heteroatoms. The number of benzene rings is 1. The first kappa shape index (κ1) is 14.3. The first-order valence-corrected chi connectivity index (χ1v) is 6.64. The Morgan fingerprint density at radius 2 is 1.71 bits per heavy atom. The molecule has 0 aliphatic carbocycles. The smallest absolute Gasteiger partial charge is 0.504 e. The van der Waals surface area contributed by atoms with Crippen molar-refractivity contribution >= 4 is 38.0 Å². The molecule has 17 heavy (non-hydrogen) atoms. The van der Waals surface area contributed by atoms with Gasteiger partial charge in [-0.1, -0.05) is 13.8 Å². The van der Waals surface area contributed by atoms with E-state index < -0.39 is 6.16 Å². The van der Waals surface area contributed by atoms with Gasteiger partial charge in [-0.2, -0.15) is 0 Å². The van der Waals surface area contributed by atoms with Gasteiger partial charge in [-0.15, -0.1) is 0 Å². The molecule has 4 nitrogen and oxygen atoms in total. The molecule has 2 N–H and O–H groups in total. The number of phenolic OH excluding ortho intramolecular Hbond substituents is 1. The Hall–Kier alpha value is -0.750. The lowest BCUT2D eigenvalue weighted by Crippen LogP contribution is -2.06. The van der Waals surface area contributed by atoms with Gasteiger partial charge in [0.25, 0.3) is 0 Å². The second-order valence-electron chi connectivity index (χ2n) is 3.34. The largest absolute Gasteiger partial charge is 0.511 e. The molecule has 1 aromatic rings. The maximum absolute atomic E-state index is 10.6. The standard InChI is InChI=1S/C11H12Br2O4/c1-3-5-6(4-2)9(14)10(17-11(15)16)8(13)7(5)12/h14H,3-4H2,1-2H3,(H,15,16). The normalized spacial score (nSPS) is 10.4. The second kappa shape index (κ2) is 5.73. The summed E-state index contributed by atoms with van der Waals surface area (Å²) >= 11 is 6.60. The van der Waals surface area contributed by atoms with Gasteiger partial charge in [0.15, 0.2) is 11.5 Å². The molecule has 0 aromatic heterocycles.